The Labute approximate surface area is 287 Å². The molecule has 0 fully saturated rings. The third kappa shape index (κ3) is 5.54. The highest BCUT2D eigenvalue weighted by Crippen LogP contribution is 2.41. The summed E-state index contributed by atoms with van der Waals surface area (Å²) in [5.74, 6) is 2.64. The van der Waals surface area contributed by atoms with Crippen LogP contribution in [-0.2, 0) is 0 Å². The third-order valence-electron chi connectivity index (χ3n) is 8.56. The minimum atomic E-state index is 0.642. The van der Waals surface area contributed by atoms with Crippen molar-refractivity contribution in [2.75, 3.05) is 0 Å². The lowest BCUT2D eigenvalue weighted by molar-refractivity contribution is 1.07. The van der Waals surface area contributed by atoms with E-state index in [1.54, 1.807) is 11.3 Å². The van der Waals surface area contributed by atoms with Crippen molar-refractivity contribution in [1.82, 2.24) is 24.9 Å². The number of hydrogen-bond acceptors (Lipinski definition) is 6. The lowest BCUT2D eigenvalue weighted by atomic mass is 10.0. The van der Waals surface area contributed by atoms with Crippen LogP contribution in [0.15, 0.2) is 164 Å². The average Bonchev–Trinajstić information content (AvgIpc) is 3.57. The molecule has 0 aliphatic heterocycles. The second kappa shape index (κ2) is 12.3. The van der Waals surface area contributed by atoms with Crippen LogP contribution < -0.4 is 0 Å². The van der Waals surface area contributed by atoms with Crippen molar-refractivity contribution in [2.45, 2.75) is 0 Å². The number of rotatable bonds is 6. The van der Waals surface area contributed by atoms with Gasteiger partial charge in [0.05, 0.1) is 11.4 Å². The maximum atomic E-state index is 5.13. The van der Waals surface area contributed by atoms with Gasteiger partial charge in [-0.05, 0) is 12.1 Å². The summed E-state index contributed by atoms with van der Waals surface area (Å²) in [4.78, 5) is 24.9. The lowest BCUT2D eigenvalue weighted by Gasteiger charge is -2.10. The second-order valence-corrected chi connectivity index (χ2v) is 12.8. The van der Waals surface area contributed by atoms with Gasteiger partial charge in [0.1, 0.15) is 0 Å². The van der Waals surface area contributed by atoms with Gasteiger partial charge in [-0.15, -0.1) is 11.3 Å². The molecule has 5 nitrogen and oxygen atoms in total. The summed E-state index contributed by atoms with van der Waals surface area (Å²) in [6.07, 6.45) is 0. The molecule has 0 bridgehead atoms. The smallest absolute Gasteiger partial charge is 0.164 e. The van der Waals surface area contributed by atoms with Gasteiger partial charge < -0.3 is 0 Å². The molecule has 6 aromatic carbocycles. The van der Waals surface area contributed by atoms with Crippen molar-refractivity contribution < 1.29 is 0 Å². The number of benzene rings is 6. The summed E-state index contributed by atoms with van der Waals surface area (Å²) >= 11 is 1.76. The Kier molecular flexibility index (Phi) is 7.26. The van der Waals surface area contributed by atoms with Gasteiger partial charge >= 0.3 is 0 Å². The van der Waals surface area contributed by atoms with Gasteiger partial charge in [-0.2, -0.15) is 0 Å². The first kappa shape index (κ1) is 28.8. The normalized spacial score (nSPS) is 11.3. The van der Waals surface area contributed by atoms with Crippen LogP contribution >= 0.6 is 11.3 Å². The highest BCUT2D eigenvalue weighted by atomic mass is 32.1. The van der Waals surface area contributed by atoms with E-state index < -0.39 is 0 Å². The molecule has 0 amide bonds. The summed E-state index contributed by atoms with van der Waals surface area (Å²) in [6, 6.07) is 55.7. The van der Waals surface area contributed by atoms with Crippen LogP contribution in [0.2, 0.25) is 0 Å². The maximum absolute atomic E-state index is 5.13. The van der Waals surface area contributed by atoms with Crippen LogP contribution in [0.5, 0.6) is 0 Å². The fourth-order valence-electron chi connectivity index (χ4n) is 6.14. The minimum absolute atomic E-state index is 0.642. The molecule has 3 heterocycles. The van der Waals surface area contributed by atoms with Crippen LogP contribution in [0.1, 0.15) is 0 Å². The fourth-order valence-corrected chi connectivity index (χ4v) is 7.40. The van der Waals surface area contributed by atoms with Crippen LogP contribution in [0.3, 0.4) is 0 Å². The van der Waals surface area contributed by atoms with E-state index in [2.05, 4.69) is 66.7 Å². The molecule has 0 saturated carbocycles. The summed E-state index contributed by atoms with van der Waals surface area (Å²) < 4.78 is 2.33. The first-order valence-corrected chi connectivity index (χ1v) is 16.9. The highest BCUT2D eigenvalue weighted by Gasteiger charge is 2.17. The molecule has 6 heteroatoms. The molecule has 0 atom stereocenters. The predicted molar refractivity (Wildman–Crippen MR) is 201 cm³/mol. The van der Waals surface area contributed by atoms with Crippen LogP contribution in [0.25, 0.3) is 88.2 Å². The maximum Gasteiger partial charge on any atom is 0.164 e. The van der Waals surface area contributed by atoms with Gasteiger partial charge in [-0.25, -0.2) is 24.9 Å². The van der Waals surface area contributed by atoms with E-state index in [4.69, 9.17) is 24.9 Å². The van der Waals surface area contributed by atoms with E-state index in [0.29, 0.717) is 23.3 Å². The van der Waals surface area contributed by atoms with Crippen LogP contribution in [-0.4, -0.2) is 24.9 Å². The van der Waals surface area contributed by atoms with Crippen molar-refractivity contribution in [1.29, 1.82) is 0 Å². The molecule has 0 saturated heterocycles. The number of fused-ring (bicyclic) bond motifs is 3. The molecule has 0 aliphatic rings. The molecule has 49 heavy (non-hydrogen) atoms. The molecule has 3 aromatic heterocycles. The van der Waals surface area contributed by atoms with Crippen molar-refractivity contribution in [3.05, 3.63) is 164 Å². The Balaban J connectivity index is 1.20. The van der Waals surface area contributed by atoms with Crippen LogP contribution in [0, 0.1) is 0 Å². The van der Waals surface area contributed by atoms with Gasteiger partial charge in [0.15, 0.2) is 23.3 Å². The molecular weight excluding hydrogens is 619 g/mol. The van der Waals surface area contributed by atoms with E-state index in [1.165, 1.54) is 15.5 Å². The largest absolute Gasteiger partial charge is 0.228 e. The zero-order valence-corrected chi connectivity index (χ0v) is 27.0. The van der Waals surface area contributed by atoms with Gasteiger partial charge in [0.2, 0.25) is 0 Å². The standard InChI is InChI=1S/C43H27N5S/c1-5-14-28(15-6-1)36-27-37(45-40(44-36)29-16-7-2-8-17-29)35-23-13-22-34-33-25-24-32(26-38(33)49-39(34)35)43-47-41(30-18-9-3-10-19-30)46-42(48-43)31-20-11-4-12-21-31/h1-27H. The number of hydrogen-bond donors (Lipinski definition) is 0. The number of aromatic nitrogens is 5. The SMILES string of the molecule is c1ccc(-c2cc(-c3cccc4c3sc3cc(-c5nc(-c6ccccc6)nc(-c6ccccc6)n5)ccc34)nc(-c3ccccc3)n2)cc1. The first-order chi connectivity index (χ1) is 24.3. The third-order valence-corrected chi connectivity index (χ3v) is 9.76. The second-order valence-electron chi connectivity index (χ2n) is 11.7. The summed E-state index contributed by atoms with van der Waals surface area (Å²) in [6.45, 7) is 0. The Morgan fingerprint density at radius 1 is 0.327 bits per heavy atom. The van der Waals surface area contributed by atoms with Gasteiger partial charge in [0, 0.05) is 53.6 Å². The van der Waals surface area contributed by atoms with Gasteiger partial charge in [-0.1, -0.05) is 152 Å². The van der Waals surface area contributed by atoms with Gasteiger partial charge in [-0.3, -0.25) is 0 Å². The fraction of sp³-hybridized carbons (Fsp3) is 0. The molecule has 0 unspecified atom stereocenters. The highest BCUT2D eigenvalue weighted by molar-refractivity contribution is 7.26. The van der Waals surface area contributed by atoms with Crippen molar-refractivity contribution in [3.63, 3.8) is 0 Å². The van der Waals surface area contributed by atoms with E-state index in [0.717, 1.165) is 49.5 Å². The molecule has 0 spiro atoms. The predicted octanol–water partition coefficient (Wildman–Crippen LogP) is 11.0. The molecule has 230 valence electrons. The Hall–Kier alpha value is -6.37. The van der Waals surface area contributed by atoms with E-state index in [9.17, 15) is 0 Å². The Bertz CT molecular complexity index is 2470. The number of thiophene rings is 1. The lowest BCUT2D eigenvalue weighted by Crippen LogP contribution is -1.99. The Morgan fingerprint density at radius 2 is 0.816 bits per heavy atom. The first-order valence-electron chi connectivity index (χ1n) is 16.1. The molecule has 0 radical (unpaired) electrons. The minimum Gasteiger partial charge on any atom is -0.228 e. The quantitative estimate of drug-likeness (QED) is 0.180. The molecule has 0 N–H and O–H groups in total. The molecule has 9 rings (SSSR count). The molecule has 9 aromatic rings. The van der Waals surface area contributed by atoms with Crippen LogP contribution in [0.4, 0.5) is 0 Å². The van der Waals surface area contributed by atoms with E-state index in [1.807, 2.05) is 97.1 Å². The van der Waals surface area contributed by atoms with E-state index >= 15 is 0 Å². The summed E-state index contributed by atoms with van der Waals surface area (Å²) in [5.41, 5.74) is 7.74. The van der Waals surface area contributed by atoms with Crippen molar-refractivity contribution in [3.8, 4) is 68.1 Å². The Morgan fingerprint density at radius 3 is 1.39 bits per heavy atom. The van der Waals surface area contributed by atoms with Crippen molar-refractivity contribution in [2.24, 2.45) is 0 Å². The van der Waals surface area contributed by atoms with Crippen molar-refractivity contribution >= 4 is 31.5 Å². The monoisotopic (exact) mass is 645 g/mol. The zero-order chi connectivity index (χ0) is 32.6. The molecular formula is C43H27N5S. The number of nitrogens with zero attached hydrogens (tertiary/aromatic N) is 5. The zero-order valence-electron chi connectivity index (χ0n) is 26.2. The van der Waals surface area contributed by atoms with Gasteiger partial charge in [0.25, 0.3) is 0 Å². The average molecular weight is 646 g/mol. The van der Waals surface area contributed by atoms with E-state index in [-0.39, 0.29) is 0 Å². The summed E-state index contributed by atoms with van der Waals surface area (Å²) in [7, 11) is 0. The summed E-state index contributed by atoms with van der Waals surface area (Å²) in [5, 5.41) is 2.38. The molecule has 0 aliphatic carbocycles. The topological polar surface area (TPSA) is 64.5 Å².